The molecule has 1 aromatic carbocycles. The highest BCUT2D eigenvalue weighted by atomic mass is 79.9. The Morgan fingerprint density at radius 3 is 2.96 bits per heavy atom. The molecule has 1 N–H and O–H groups in total. The fourth-order valence-corrected chi connectivity index (χ4v) is 4.91. The number of nitrogens with zero attached hydrogens (tertiary/aromatic N) is 6. The van der Waals surface area contributed by atoms with E-state index in [9.17, 15) is 4.79 Å². The van der Waals surface area contributed by atoms with Crippen LogP contribution in [-0.4, -0.2) is 47.1 Å². The van der Waals surface area contributed by atoms with E-state index in [0.717, 1.165) is 26.6 Å². The van der Waals surface area contributed by atoms with Crippen molar-refractivity contribution in [2.75, 3.05) is 6.54 Å². The Hall–Kier alpha value is -2.59. The van der Waals surface area contributed by atoms with Crippen LogP contribution in [0.3, 0.4) is 0 Å². The zero-order valence-electron chi connectivity index (χ0n) is 14.3. The van der Waals surface area contributed by atoms with Crippen molar-refractivity contribution in [3.05, 3.63) is 57.5 Å². The molecule has 0 fully saturated rings. The van der Waals surface area contributed by atoms with Gasteiger partial charge in [0.15, 0.2) is 0 Å². The third kappa shape index (κ3) is 2.67. The largest absolute Gasteiger partial charge is 0.348 e. The molecule has 1 aliphatic rings. The molecule has 1 amide bonds. The van der Waals surface area contributed by atoms with Crippen LogP contribution in [0.4, 0.5) is 0 Å². The standard InChI is InChI=1S/C17H14BrN7OS/c1-24-14(22-17(18)23-24)16(26)25-7-6-10-12(20-8-19-10)13(25)15-21-9-4-2-3-5-11(9)27-15/h2-5,8,13H,6-7H2,1H3,(H,19,20)/t13-/m0/s1. The van der Waals surface area contributed by atoms with Crippen LogP contribution in [-0.2, 0) is 13.5 Å². The molecule has 3 aromatic heterocycles. The first-order valence-electron chi connectivity index (χ1n) is 8.37. The molecule has 0 saturated heterocycles. The molecule has 8 nitrogen and oxygen atoms in total. The van der Waals surface area contributed by atoms with Crippen molar-refractivity contribution in [3.8, 4) is 0 Å². The summed E-state index contributed by atoms with van der Waals surface area (Å²) in [5.41, 5.74) is 2.81. The van der Waals surface area contributed by atoms with E-state index in [1.54, 1.807) is 29.6 Å². The summed E-state index contributed by atoms with van der Waals surface area (Å²) < 4.78 is 2.97. The number of para-hydroxylation sites is 1. The van der Waals surface area contributed by atoms with E-state index >= 15 is 0 Å². The summed E-state index contributed by atoms with van der Waals surface area (Å²) in [7, 11) is 1.71. The molecule has 1 atom stereocenters. The van der Waals surface area contributed by atoms with Crippen LogP contribution in [0.15, 0.2) is 35.3 Å². The van der Waals surface area contributed by atoms with E-state index in [1.807, 2.05) is 24.3 Å². The molecule has 0 bridgehead atoms. The maximum Gasteiger partial charge on any atom is 0.292 e. The Kier molecular flexibility index (Phi) is 3.83. The minimum absolute atomic E-state index is 0.186. The molecule has 0 saturated carbocycles. The number of carbonyl (C=O) groups excluding carboxylic acids is 1. The van der Waals surface area contributed by atoms with Crippen molar-refractivity contribution in [3.63, 3.8) is 0 Å². The van der Waals surface area contributed by atoms with Gasteiger partial charge in [0.2, 0.25) is 10.6 Å². The molecule has 0 unspecified atom stereocenters. The number of amides is 1. The number of benzene rings is 1. The van der Waals surface area contributed by atoms with Crippen LogP contribution in [0.1, 0.15) is 33.1 Å². The van der Waals surface area contributed by atoms with Crippen molar-refractivity contribution in [1.82, 2.24) is 34.6 Å². The number of fused-ring (bicyclic) bond motifs is 2. The van der Waals surface area contributed by atoms with Crippen molar-refractivity contribution in [2.24, 2.45) is 7.05 Å². The second-order valence-electron chi connectivity index (χ2n) is 6.27. The summed E-state index contributed by atoms with van der Waals surface area (Å²) in [5, 5.41) is 4.98. The molecule has 1 aliphatic heterocycles. The van der Waals surface area contributed by atoms with Crippen molar-refractivity contribution < 1.29 is 4.79 Å². The van der Waals surface area contributed by atoms with Gasteiger partial charge in [-0.25, -0.2) is 14.6 Å². The zero-order valence-corrected chi connectivity index (χ0v) is 16.7. The number of H-pyrrole nitrogens is 1. The maximum atomic E-state index is 13.3. The van der Waals surface area contributed by atoms with E-state index in [4.69, 9.17) is 4.98 Å². The molecule has 5 rings (SSSR count). The molecular weight excluding hydrogens is 430 g/mol. The predicted octanol–water partition coefficient (Wildman–Crippen LogP) is 2.70. The van der Waals surface area contributed by atoms with Gasteiger partial charge in [-0.1, -0.05) is 12.1 Å². The molecule has 4 heterocycles. The van der Waals surface area contributed by atoms with E-state index in [-0.39, 0.29) is 17.8 Å². The van der Waals surface area contributed by atoms with Gasteiger partial charge in [0.1, 0.15) is 11.0 Å². The van der Waals surface area contributed by atoms with Gasteiger partial charge < -0.3 is 9.88 Å². The fourth-order valence-electron chi connectivity index (χ4n) is 3.42. The highest BCUT2D eigenvalue weighted by Gasteiger charge is 2.38. The average molecular weight is 444 g/mol. The first-order valence-corrected chi connectivity index (χ1v) is 9.98. The Morgan fingerprint density at radius 2 is 2.19 bits per heavy atom. The summed E-state index contributed by atoms with van der Waals surface area (Å²) in [6, 6.07) is 7.63. The van der Waals surface area contributed by atoms with E-state index in [0.29, 0.717) is 17.7 Å². The van der Waals surface area contributed by atoms with Crippen LogP contribution in [0.2, 0.25) is 0 Å². The van der Waals surface area contributed by atoms with E-state index < -0.39 is 0 Å². The lowest BCUT2D eigenvalue weighted by atomic mass is 10.0. The number of aromatic nitrogens is 6. The Morgan fingerprint density at radius 1 is 1.33 bits per heavy atom. The quantitative estimate of drug-likeness (QED) is 0.513. The number of aromatic amines is 1. The predicted molar refractivity (Wildman–Crippen MR) is 103 cm³/mol. The molecular formula is C17H14BrN7OS. The molecule has 10 heteroatoms. The van der Waals surface area contributed by atoms with Crippen LogP contribution in [0.5, 0.6) is 0 Å². The van der Waals surface area contributed by atoms with Crippen LogP contribution in [0.25, 0.3) is 10.2 Å². The topological polar surface area (TPSA) is 92.6 Å². The number of rotatable bonds is 2. The smallest absolute Gasteiger partial charge is 0.292 e. The SMILES string of the molecule is Cn1nc(Br)nc1C(=O)N1CCc2[nH]cnc2[C@H]1c1nc2ccccc2s1. The second kappa shape index (κ2) is 6.24. The van der Waals surface area contributed by atoms with Gasteiger partial charge in [0.25, 0.3) is 5.91 Å². The molecule has 27 heavy (non-hydrogen) atoms. The van der Waals surface area contributed by atoms with Gasteiger partial charge in [0, 0.05) is 25.7 Å². The van der Waals surface area contributed by atoms with E-state index in [2.05, 4.69) is 36.0 Å². The number of imidazole rings is 1. The summed E-state index contributed by atoms with van der Waals surface area (Å²) >= 11 is 4.82. The fraction of sp³-hybridized carbons (Fsp3) is 0.235. The lowest BCUT2D eigenvalue weighted by molar-refractivity contribution is 0.0672. The van der Waals surface area contributed by atoms with Crippen molar-refractivity contribution in [2.45, 2.75) is 12.5 Å². The number of hydrogen-bond acceptors (Lipinski definition) is 6. The summed E-state index contributed by atoms with van der Waals surface area (Å²) in [4.78, 5) is 31.8. The molecule has 136 valence electrons. The van der Waals surface area contributed by atoms with Crippen LogP contribution < -0.4 is 0 Å². The molecule has 4 aromatic rings. The Balaban J connectivity index is 1.64. The first-order chi connectivity index (χ1) is 13.1. The van der Waals surface area contributed by atoms with Gasteiger partial charge in [-0.2, -0.15) is 4.98 Å². The highest BCUT2D eigenvalue weighted by molar-refractivity contribution is 9.10. The zero-order chi connectivity index (χ0) is 18.5. The van der Waals surface area contributed by atoms with Gasteiger partial charge in [-0.05, 0) is 28.1 Å². The van der Waals surface area contributed by atoms with Gasteiger partial charge in [-0.3, -0.25) is 4.79 Å². The number of thiazole rings is 1. The Bertz CT molecular complexity index is 1130. The lowest BCUT2D eigenvalue weighted by Crippen LogP contribution is -2.41. The first kappa shape index (κ1) is 16.6. The maximum absolute atomic E-state index is 13.3. The monoisotopic (exact) mass is 443 g/mol. The third-order valence-electron chi connectivity index (χ3n) is 4.66. The molecule has 0 spiro atoms. The number of aryl methyl sites for hydroxylation is 1. The minimum Gasteiger partial charge on any atom is -0.348 e. The molecule has 0 aliphatic carbocycles. The number of nitrogens with one attached hydrogen (secondary N) is 1. The minimum atomic E-state index is -0.347. The summed E-state index contributed by atoms with van der Waals surface area (Å²) in [5.74, 6) is 0.0978. The number of halogens is 1. The van der Waals surface area contributed by atoms with Crippen molar-refractivity contribution in [1.29, 1.82) is 0 Å². The number of carbonyl (C=O) groups is 1. The molecule has 0 radical (unpaired) electrons. The summed E-state index contributed by atoms with van der Waals surface area (Å²) in [6.45, 7) is 0.555. The third-order valence-corrected chi connectivity index (χ3v) is 6.08. The van der Waals surface area contributed by atoms with Gasteiger partial charge >= 0.3 is 0 Å². The second-order valence-corrected chi connectivity index (χ2v) is 8.04. The van der Waals surface area contributed by atoms with Gasteiger partial charge in [-0.15, -0.1) is 16.4 Å². The Labute approximate surface area is 166 Å². The van der Waals surface area contributed by atoms with Crippen molar-refractivity contribution >= 4 is 43.4 Å². The van der Waals surface area contributed by atoms with Crippen LogP contribution in [0, 0.1) is 0 Å². The normalized spacial score (nSPS) is 16.7. The average Bonchev–Trinajstić information content (AvgIpc) is 3.37. The van der Waals surface area contributed by atoms with Gasteiger partial charge in [0.05, 0.1) is 22.2 Å². The lowest BCUT2D eigenvalue weighted by Gasteiger charge is -2.33. The highest BCUT2D eigenvalue weighted by Crippen LogP contribution is 2.37. The van der Waals surface area contributed by atoms with Crippen LogP contribution >= 0.6 is 27.3 Å². The number of hydrogen-bond donors (Lipinski definition) is 1. The van der Waals surface area contributed by atoms with E-state index in [1.165, 1.54) is 4.68 Å². The summed E-state index contributed by atoms with van der Waals surface area (Å²) in [6.07, 6.45) is 2.39.